The first-order valence-electron chi connectivity index (χ1n) is 3.48. The fourth-order valence-corrected chi connectivity index (χ4v) is 1.23. The molecule has 0 aromatic carbocycles. The summed E-state index contributed by atoms with van der Waals surface area (Å²) in [5.41, 5.74) is 0.618. The van der Waals surface area contributed by atoms with E-state index in [0.29, 0.717) is 24.2 Å². The van der Waals surface area contributed by atoms with Gasteiger partial charge in [0.1, 0.15) is 9.85 Å². The van der Waals surface area contributed by atoms with Gasteiger partial charge in [-0.15, -0.1) is 0 Å². The predicted octanol–water partition coefficient (Wildman–Crippen LogP) is -0.528. The van der Waals surface area contributed by atoms with Crippen LogP contribution in [0.15, 0.2) is 16.4 Å². The third-order valence-corrected chi connectivity index (χ3v) is 2.26. The lowest BCUT2D eigenvalue weighted by Crippen LogP contribution is -2.32. The van der Waals surface area contributed by atoms with Crippen LogP contribution in [0.2, 0.25) is 0 Å². The van der Waals surface area contributed by atoms with Crippen LogP contribution in [-0.4, -0.2) is 28.9 Å². The first-order chi connectivity index (χ1) is 6.70. The van der Waals surface area contributed by atoms with Crippen molar-refractivity contribution in [3.05, 3.63) is 11.4 Å². The Bertz CT molecular complexity index is 373. The number of hydrogen-bond acceptors (Lipinski definition) is 4. The van der Waals surface area contributed by atoms with Crippen LogP contribution in [0.1, 0.15) is 0 Å². The largest absolute Gasteiger partial charge is 0.326 e. The number of dihydropyridines is 1. The molecule has 1 heterocycles. The predicted molar refractivity (Wildman–Crippen MR) is 59.1 cm³/mol. The second-order valence-electron chi connectivity index (χ2n) is 2.21. The van der Waals surface area contributed by atoms with Gasteiger partial charge >= 0.3 is 0 Å². The fourth-order valence-electron chi connectivity index (χ4n) is 0.851. The van der Waals surface area contributed by atoms with Gasteiger partial charge in [-0.25, -0.2) is 4.99 Å². The van der Waals surface area contributed by atoms with Crippen molar-refractivity contribution in [3.8, 4) is 0 Å². The molecule has 1 aliphatic heterocycles. The maximum absolute atomic E-state index is 10.3. The smallest absolute Gasteiger partial charge is 0.211 e. The Balaban J connectivity index is 3.08. The van der Waals surface area contributed by atoms with Gasteiger partial charge < -0.3 is 10.6 Å². The number of thiocarbonyl (C=S) groups is 2. The zero-order valence-electron chi connectivity index (χ0n) is 6.81. The molecule has 14 heavy (non-hydrogen) atoms. The zero-order chi connectivity index (χ0) is 10.6. The SMILES string of the molecule is O=CNC1=C(NC=O)C(=S)C(=S)N=C1. The highest BCUT2D eigenvalue weighted by molar-refractivity contribution is 7.89. The van der Waals surface area contributed by atoms with Crippen molar-refractivity contribution in [2.24, 2.45) is 4.99 Å². The molecule has 2 N–H and O–H groups in total. The van der Waals surface area contributed by atoms with Crippen molar-refractivity contribution >= 4 is 53.3 Å². The minimum absolute atomic E-state index is 0.209. The van der Waals surface area contributed by atoms with Crippen molar-refractivity contribution in [2.45, 2.75) is 0 Å². The van der Waals surface area contributed by atoms with E-state index >= 15 is 0 Å². The Kier molecular flexibility index (Phi) is 3.55. The summed E-state index contributed by atoms with van der Waals surface area (Å²) in [6, 6.07) is 0. The van der Waals surface area contributed by atoms with Crippen molar-refractivity contribution in [1.82, 2.24) is 10.6 Å². The topological polar surface area (TPSA) is 70.6 Å². The minimum atomic E-state index is 0.209. The lowest BCUT2D eigenvalue weighted by Gasteiger charge is -2.14. The molecule has 72 valence electrons. The molecular formula is C7H5N3O2S2. The molecule has 0 saturated heterocycles. The summed E-state index contributed by atoms with van der Waals surface area (Å²) < 4.78 is 0. The number of aliphatic imine (C=N–C) groups is 1. The maximum Gasteiger partial charge on any atom is 0.211 e. The Labute approximate surface area is 90.3 Å². The number of allylic oxidation sites excluding steroid dienone is 1. The second kappa shape index (κ2) is 4.68. The van der Waals surface area contributed by atoms with Crippen LogP contribution in [0, 0.1) is 0 Å². The molecule has 0 bridgehead atoms. The van der Waals surface area contributed by atoms with Crippen molar-refractivity contribution < 1.29 is 9.59 Å². The number of nitrogens with zero attached hydrogens (tertiary/aromatic N) is 1. The monoisotopic (exact) mass is 227 g/mol. The first-order valence-corrected chi connectivity index (χ1v) is 4.29. The molecule has 0 saturated carbocycles. The van der Waals surface area contributed by atoms with Crippen LogP contribution < -0.4 is 10.6 Å². The van der Waals surface area contributed by atoms with Crippen molar-refractivity contribution in [3.63, 3.8) is 0 Å². The third-order valence-electron chi connectivity index (χ3n) is 1.42. The number of hydrogen-bond donors (Lipinski definition) is 2. The highest BCUT2D eigenvalue weighted by atomic mass is 32.1. The normalized spacial score (nSPS) is 15.4. The molecule has 1 rings (SSSR count). The van der Waals surface area contributed by atoms with Crippen LogP contribution in [0.4, 0.5) is 0 Å². The third kappa shape index (κ3) is 2.06. The molecule has 0 unspecified atom stereocenters. The average Bonchev–Trinajstić information content (AvgIpc) is 2.18. The molecule has 0 aliphatic carbocycles. The quantitative estimate of drug-likeness (QED) is 0.500. The molecule has 0 atom stereocenters. The zero-order valence-corrected chi connectivity index (χ0v) is 8.45. The van der Waals surface area contributed by atoms with Crippen LogP contribution in [0.25, 0.3) is 0 Å². The van der Waals surface area contributed by atoms with Crippen molar-refractivity contribution in [2.75, 3.05) is 0 Å². The van der Waals surface area contributed by atoms with Crippen LogP contribution >= 0.6 is 24.4 Å². The Morgan fingerprint density at radius 1 is 1.21 bits per heavy atom. The Morgan fingerprint density at radius 3 is 2.43 bits per heavy atom. The summed E-state index contributed by atoms with van der Waals surface area (Å²) in [5.74, 6) is 0. The van der Waals surface area contributed by atoms with Gasteiger partial charge in [-0.2, -0.15) is 0 Å². The van der Waals surface area contributed by atoms with E-state index in [4.69, 9.17) is 24.4 Å². The molecule has 1 aliphatic rings. The van der Waals surface area contributed by atoms with E-state index < -0.39 is 0 Å². The molecule has 0 spiro atoms. The maximum atomic E-state index is 10.3. The minimum Gasteiger partial charge on any atom is -0.326 e. The lowest BCUT2D eigenvalue weighted by molar-refractivity contribution is -0.110. The molecule has 5 nitrogen and oxygen atoms in total. The van der Waals surface area contributed by atoms with Crippen LogP contribution in [0.3, 0.4) is 0 Å². The van der Waals surface area contributed by atoms with Gasteiger partial charge in [0.25, 0.3) is 0 Å². The van der Waals surface area contributed by atoms with Gasteiger partial charge in [0.2, 0.25) is 12.8 Å². The van der Waals surface area contributed by atoms with Gasteiger partial charge in [-0.3, -0.25) is 9.59 Å². The number of nitrogens with one attached hydrogen (secondary N) is 2. The van der Waals surface area contributed by atoms with E-state index in [-0.39, 0.29) is 9.85 Å². The average molecular weight is 227 g/mol. The van der Waals surface area contributed by atoms with Gasteiger partial charge in [-0.1, -0.05) is 24.4 Å². The van der Waals surface area contributed by atoms with E-state index in [1.165, 1.54) is 6.21 Å². The number of amides is 2. The van der Waals surface area contributed by atoms with E-state index in [2.05, 4.69) is 15.6 Å². The van der Waals surface area contributed by atoms with E-state index in [1.807, 2.05) is 0 Å². The van der Waals surface area contributed by atoms with Gasteiger partial charge in [0, 0.05) is 0 Å². The summed E-state index contributed by atoms with van der Waals surface area (Å²) in [7, 11) is 0. The van der Waals surface area contributed by atoms with E-state index in [1.54, 1.807) is 0 Å². The van der Waals surface area contributed by atoms with Gasteiger partial charge in [0.15, 0.2) is 0 Å². The summed E-state index contributed by atoms with van der Waals surface area (Å²) in [6.07, 6.45) is 2.25. The number of carbonyl (C=O) groups is 2. The van der Waals surface area contributed by atoms with Crippen molar-refractivity contribution in [1.29, 1.82) is 0 Å². The standard InChI is InChI=1S/C7H5N3O2S2/c11-2-9-4-1-8-7(14)6(13)5(4)10-3-12/h1-3H,(H,9,11)(H,10,12). The molecule has 0 fully saturated rings. The highest BCUT2D eigenvalue weighted by Gasteiger charge is 2.18. The molecule has 7 heteroatoms. The summed E-state index contributed by atoms with van der Waals surface area (Å²) in [5, 5.41) is 4.71. The molecule has 2 amide bonds. The van der Waals surface area contributed by atoms with Crippen LogP contribution in [0.5, 0.6) is 0 Å². The Hall–Kier alpha value is -1.47. The number of carbonyl (C=O) groups excluding carboxylic acids is 2. The Morgan fingerprint density at radius 2 is 1.86 bits per heavy atom. The van der Waals surface area contributed by atoms with E-state index in [0.717, 1.165) is 0 Å². The highest BCUT2D eigenvalue weighted by Crippen LogP contribution is 2.07. The molecule has 0 aromatic heterocycles. The van der Waals surface area contributed by atoms with E-state index in [9.17, 15) is 9.59 Å². The second-order valence-corrected chi connectivity index (χ2v) is 3.00. The van der Waals surface area contributed by atoms with Gasteiger partial charge in [-0.05, 0) is 0 Å². The number of rotatable bonds is 4. The first kappa shape index (κ1) is 10.6. The summed E-state index contributed by atoms with van der Waals surface area (Å²) in [4.78, 5) is 24.7. The molecule has 0 radical (unpaired) electrons. The summed E-state index contributed by atoms with van der Waals surface area (Å²) >= 11 is 9.73. The molecular weight excluding hydrogens is 222 g/mol. The van der Waals surface area contributed by atoms with Gasteiger partial charge in [0.05, 0.1) is 17.6 Å². The lowest BCUT2D eigenvalue weighted by atomic mass is 10.2. The fraction of sp³-hybridized carbons (Fsp3) is 0. The molecule has 0 aromatic rings. The van der Waals surface area contributed by atoms with Crippen LogP contribution in [-0.2, 0) is 9.59 Å². The summed E-state index contributed by atoms with van der Waals surface area (Å²) in [6.45, 7) is 0.